The molecule has 1 aliphatic heterocycles. The van der Waals surface area contributed by atoms with Crippen molar-refractivity contribution in [2.45, 2.75) is 6.04 Å². The molecule has 0 radical (unpaired) electrons. The molecule has 1 aromatic heterocycles. The van der Waals surface area contributed by atoms with E-state index < -0.39 is 0 Å². The van der Waals surface area contributed by atoms with Crippen LogP contribution in [0.15, 0.2) is 22.8 Å². The summed E-state index contributed by atoms with van der Waals surface area (Å²) in [5.41, 5.74) is 0.814. The molecule has 1 aliphatic rings. The smallest absolute Gasteiger partial charge is 0.407 e. The molecule has 1 amide bonds. The van der Waals surface area contributed by atoms with Crippen molar-refractivity contribution in [1.29, 1.82) is 0 Å². The Balaban J connectivity index is 2.17. The molecule has 0 bridgehead atoms. The van der Waals surface area contributed by atoms with Gasteiger partial charge in [0.15, 0.2) is 0 Å². The van der Waals surface area contributed by atoms with E-state index in [1.807, 2.05) is 12.1 Å². The molecule has 1 N–H and O–H groups in total. The van der Waals surface area contributed by atoms with Gasteiger partial charge in [0, 0.05) is 10.7 Å². The first-order valence-electron chi connectivity index (χ1n) is 3.80. The quantitative estimate of drug-likeness (QED) is 0.815. The lowest BCUT2D eigenvalue weighted by Crippen LogP contribution is -2.19. The summed E-state index contributed by atoms with van der Waals surface area (Å²) >= 11 is 3.28. The summed E-state index contributed by atoms with van der Waals surface area (Å²) < 4.78 is 5.67. The number of nitrogens with zero attached hydrogens (tertiary/aromatic N) is 1. The maximum Gasteiger partial charge on any atom is 0.407 e. The number of cyclic esters (lactones) is 1. The first-order valence-corrected chi connectivity index (χ1v) is 4.60. The summed E-state index contributed by atoms with van der Waals surface area (Å²) in [5.74, 6) is 0. The minimum Gasteiger partial charge on any atom is -0.447 e. The van der Waals surface area contributed by atoms with Crippen molar-refractivity contribution >= 4 is 22.0 Å². The van der Waals surface area contributed by atoms with Gasteiger partial charge in [0.2, 0.25) is 0 Å². The van der Waals surface area contributed by atoms with Gasteiger partial charge in [-0.2, -0.15) is 0 Å². The van der Waals surface area contributed by atoms with Gasteiger partial charge in [-0.15, -0.1) is 0 Å². The fourth-order valence-corrected chi connectivity index (χ4v) is 1.37. The second kappa shape index (κ2) is 3.33. The highest BCUT2D eigenvalue weighted by Crippen LogP contribution is 2.17. The van der Waals surface area contributed by atoms with Crippen molar-refractivity contribution in [3.8, 4) is 0 Å². The van der Waals surface area contributed by atoms with E-state index in [0.29, 0.717) is 6.61 Å². The third-order valence-corrected chi connectivity index (χ3v) is 2.25. The highest BCUT2D eigenvalue weighted by Gasteiger charge is 2.24. The van der Waals surface area contributed by atoms with Crippen molar-refractivity contribution < 1.29 is 9.53 Å². The Morgan fingerprint density at radius 1 is 1.62 bits per heavy atom. The number of rotatable bonds is 1. The second-order valence-electron chi connectivity index (χ2n) is 2.70. The van der Waals surface area contributed by atoms with Crippen molar-refractivity contribution in [3.05, 3.63) is 28.5 Å². The molecule has 0 spiro atoms. The molecule has 1 fully saturated rings. The Morgan fingerprint density at radius 3 is 3.00 bits per heavy atom. The van der Waals surface area contributed by atoms with Crippen molar-refractivity contribution in [2.24, 2.45) is 0 Å². The summed E-state index contributed by atoms with van der Waals surface area (Å²) in [4.78, 5) is 14.9. The number of alkyl carbamates (subject to hydrolysis) is 1. The lowest BCUT2D eigenvalue weighted by Gasteiger charge is -2.05. The van der Waals surface area contributed by atoms with Crippen LogP contribution in [-0.4, -0.2) is 17.7 Å². The monoisotopic (exact) mass is 242 g/mol. The number of hydrogen-bond acceptors (Lipinski definition) is 3. The second-order valence-corrected chi connectivity index (χ2v) is 3.61. The molecule has 0 unspecified atom stereocenters. The van der Waals surface area contributed by atoms with E-state index in [-0.39, 0.29) is 12.1 Å². The molecule has 1 saturated heterocycles. The topological polar surface area (TPSA) is 51.2 Å². The number of aromatic nitrogens is 1. The number of carbonyl (C=O) groups is 1. The Labute approximate surface area is 83.4 Å². The number of pyridine rings is 1. The van der Waals surface area contributed by atoms with E-state index in [1.54, 1.807) is 6.20 Å². The maximum atomic E-state index is 10.7. The Bertz CT molecular complexity index is 325. The predicted molar refractivity (Wildman–Crippen MR) is 49.2 cm³/mol. The highest BCUT2D eigenvalue weighted by molar-refractivity contribution is 9.10. The molecule has 5 heteroatoms. The van der Waals surface area contributed by atoms with E-state index in [9.17, 15) is 4.79 Å². The van der Waals surface area contributed by atoms with Gasteiger partial charge in [-0.25, -0.2) is 4.79 Å². The van der Waals surface area contributed by atoms with Crippen LogP contribution in [-0.2, 0) is 4.74 Å². The largest absolute Gasteiger partial charge is 0.447 e. The first-order chi connectivity index (χ1) is 6.25. The summed E-state index contributed by atoms with van der Waals surface area (Å²) in [6, 6.07) is 3.62. The Hall–Kier alpha value is -1.10. The zero-order chi connectivity index (χ0) is 9.26. The van der Waals surface area contributed by atoms with Gasteiger partial charge >= 0.3 is 6.09 Å². The van der Waals surface area contributed by atoms with Gasteiger partial charge in [-0.05, 0) is 28.1 Å². The molecule has 0 aliphatic carbocycles. The van der Waals surface area contributed by atoms with Crippen LogP contribution in [0.5, 0.6) is 0 Å². The molecule has 68 valence electrons. The number of nitrogens with one attached hydrogen (secondary N) is 1. The van der Waals surface area contributed by atoms with Crippen LogP contribution >= 0.6 is 15.9 Å². The number of carbonyl (C=O) groups excluding carboxylic acids is 1. The van der Waals surface area contributed by atoms with Gasteiger partial charge < -0.3 is 10.1 Å². The molecular formula is C8H7BrN2O2. The van der Waals surface area contributed by atoms with E-state index in [2.05, 4.69) is 26.2 Å². The fourth-order valence-electron chi connectivity index (χ4n) is 1.14. The minimum absolute atomic E-state index is 0.111. The molecule has 1 atom stereocenters. The minimum atomic E-state index is -0.380. The van der Waals surface area contributed by atoms with Gasteiger partial charge in [0.1, 0.15) is 12.6 Å². The molecule has 2 heterocycles. The predicted octanol–water partition coefficient (Wildman–Crippen LogP) is 1.62. The lowest BCUT2D eigenvalue weighted by molar-refractivity contribution is 0.177. The molecule has 4 nitrogen and oxygen atoms in total. The normalized spacial score (nSPS) is 21.0. The third kappa shape index (κ3) is 1.80. The fraction of sp³-hybridized carbons (Fsp3) is 0.250. The van der Waals surface area contributed by atoms with Crippen LogP contribution in [0, 0.1) is 0 Å². The Kier molecular flexibility index (Phi) is 2.18. The van der Waals surface area contributed by atoms with Crippen LogP contribution in [0.1, 0.15) is 11.7 Å². The van der Waals surface area contributed by atoms with Crippen LogP contribution in [0.2, 0.25) is 0 Å². The molecule has 13 heavy (non-hydrogen) atoms. The zero-order valence-electron chi connectivity index (χ0n) is 6.66. The molecule has 2 rings (SSSR count). The standard InChI is InChI=1S/C8H7BrN2O2/c9-5-1-2-6(10-3-5)7-4-13-8(12)11-7/h1-3,7H,4H2,(H,11,12)/t7-/m1/s1. The van der Waals surface area contributed by atoms with E-state index in [1.165, 1.54) is 0 Å². The van der Waals surface area contributed by atoms with Gasteiger partial charge in [-0.3, -0.25) is 4.98 Å². The van der Waals surface area contributed by atoms with Crippen LogP contribution in [0.3, 0.4) is 0 Å². The van der Waals surface area contributed by atoms with Crippen LogP contribution in [0.25, 0.3) is 0 Å². The van der Waals surface area contributed by atoms with Crippen LogP contribution < -0.4 is 5.32 Å². The summed E-state index contributed by atoms with van der Waals surface area (Å²) in [6.45, 7) is 0.355. The molecule has 0 aromatic carbocycles. The van der Waals surface area contributed by atoms with E-state index >= 15 is 0 Å². The number of ether oxygens (including phenoxy) is 1. The van der Waals surface area contributed by atoms with Gasteiger partial charge in [-0.1, -0.05) is 0 Å². The van der Waals surface area contributed by atoms with Crippen molar-refractivity contribution in [2.75, 3.05) is 6.61 Å². The number of halogens is 1. The zero-order valence-corrected chi connectivity index (χ0v) is 8.24. The van der Waals surface area contributed by atoms with Gasteiger partial charge in [0.05, 0.1) is 5.69 Å². The third-order valence-electron chi connectivity index (χ3n) is 1.78. The first kappa shape index (κ1) is 8.50. The highest BCUT2D eigenvalue weighted by atomic mass is 79.9. The average molecular weight is 243 g/mol. The number of hydrogen-bond donors (Lipinski definition) is 1. The summed E-state index contributed by atoms with van der Waals surface area (Å²) in [7, 11) is 0. The van der Waals surface area contributed by atoms with Crippen LogP contribution in [0.4, 0.5) is 4.79 Å². The van der Waals surface area contributed by atoms with E-state index in [4.69, 9.17) is 4.74 Å². The SMILES string of the molecule is O=C1N[C@@H](c2ccc(Br)cn2)CO1. The van der Waals surface area contributed by atoms with Crippen molar-refractivity contribution in [1.82, 2.24) is 10.3 Å². The summed E-state index contributed by atoms with van der Waals surface area (Å²) in [5, 5.41) is 2.65. The lowest BCUT2D eigenvalue weighted by atomic mass is 10.2. The van der Waals surface area contributed by atoms with E-state index in [0.717, 1.165) is 10.2 Å². The average Bonchev–Trinajstić information content (AvgIpc) is 2.53. The summed E-state index contributed by atoms with van der Waals surface area (Å²) in [6.07, 6.45) is 1.31. The van der Waals surface area contributed by atoms with Crippen molar-refractivity contribution in [3.63, 3.8) is 0 Å². The Morgan fingerprint density at radius 2 is 2.46 bits per heavy atom. The molecular weight excluding hydrogens is 236 g/mol. The molecule has 1 aromatic rings. The number of amides is 1. The van der Waals surface area contributed by atoms with Gasteiger partial charge in [0.25, 0.3) is 0 Å². The molecule has 0 saturated carbocycles. The maximum absolute atomic E-state index is 10.7.